The zero-order valence-electron chi connectivity index (χ0n) is 50.8. The van der Waals surface area contributed by atoms with Crippen molar-refractivity contribution in [2.24, 2.45) is 0 Å². The van der Waals surface area contributed by atoms with Gasteiger partial charge in [-0.05, 0) is 128 Å². The Labute approximate surface area is 486 Å². The van der Waals surface area contributed by atoms with Crippen LogP contribution >= 0.6 is 0 Å². The predicted octanol–water partition coefficient (Wildman–Crippen LogP) is 22.1. The highest BCUT2D eigenvalue weighted by Gasteiger charge is 2.19. The van der Waals surface area contributed by atoms with Gasteiger partial charge >= 0.3 is 17.9 Å². The van der Waals surface area contributed by atoms with E-state index < -0.39 is 12.1 Å². The summed E-state index contributed by atoms with van der Waals surface area (Å²) in [6, 6.07) is 0. The molecule has 0 aromatic rings. The largest absolute Gasteiger partial charge is 0.462 e. The molecule has 0 fully saturated rings. The van der Waals surface area contributed by atoms with Gasteiger partial charge in [0, 0.05) is 12.8 Å². The molecule has 79 heavy (non-hydrogen) atoms. The lowest BCUT2D eigenvalue weighted by atomic mass is 10.1. The molecule has 1 atom stereocenters. The summed E-state index contributed by atoms with van der Waals surface area (Å²) in [6.07, 6.45) is 95.6. The van der Waals surface area contributed by atoms with Gasteiger partial charge in [-0.2, -0.15) is 0 Å². The summed E-state index contributed by atoms with van der Waals surface area (Å²) < 4.78 is 16.8. The molecule has 0 aromatic heterocycles. The fourth-order valence-electron chi connectivity index (χ4n) is 8.31. The van der Waals surface area contributed by atoms with Crippen LogP contribution in [0.2, 0.25) is 0 Å². The summed E-state index contributed by atoms with van der Waals surface area (Å²) in [7, 11) is 0. The molecule has 0 aliphatic carbocycles. The number of rotatable bonds is 56. The highest BCUT2D eigenvalue weighted by atomic mass is 16.6. The first kappa shape index (κ1) is 74.0. The van der Waals surface area contributed by atoms with Crippen LogP contribution in [0.1, 0.15) is 265 Å². The molecule has 0 aliphatic rings. The molecule has 0 spiro atoms. The van der Waals surface area contributed by atoms with Gasteiger partial charge in [-0.3, -0.25) is 14.4 Å². The van der Waals surface area contributed by atoms with Crippen LogP contribution < -0.4 is 0 Å². The number of carbonyl (C=O) groups excluding carboxylic acids is 3. The van der Waals surface area contributed by atoms with E-state index in [4.69, 9.17) is 14.2 Å². The first-order valence-electron chi connectivity index (χ1n) is 32.0. The van der Waals surface area contributed by atoms with E-state index in [0.717, 1.165) is 135 Å². The second-order valence-electron chi connectivity index (χ2n) is 20.6. The van der Waals surface area contributed by atoms with E-state index in [1.807, 2.05) is 6.08 Å². The summed E-state index contributed by atoms with van der Waals surface area (Å²) in [5.74, 6) is -1.08. The summed E-state index contributed by atoms with van der Waals surface area (Å²) in [5, 5.41) is 0. The highest BCUT2D eigenvalue weighted by molar-refractivity contribution is 5.72. The fraction of sp³-hybridized carbons (Fsp3) is 0.603. The van der Waals surface area contributed by atoms with E-state index in [1.54, 1.807) is 6.08 Å². The lowest BCUT2D eigenvalue weighted by Crippen LogP contribution is -2.30. The summed E-state index contributed by atoms with van der Waals surface area (Å²) >= 11 is 0. The summed E-state index contributed by atoms with van der Waals surface area (Å²) in [5.41, 5.74) is 0. The fourth-order valence-corrected chi connectivity index (χ4v) is 8.31. The van der Waals surface area contributed by atoms with Crippen molar-refractivity contribution in [2.75, 3.05) is 13.2 Å². The molecule has 0 N–H and O–H groups in total. The summed E-state index contributed by atoms with van der Waals surface area (Å²) in [6.45, 7) is 6.29. The number of esters is 3. The highest BCUT2D eigenvalue weighted by Crippen LogP contribution is 2.14. The SMILES string of the molecule is CC/C=C\C/C=C\C/C=C\C/C=C\C/C=C\CCCCCCCC(=O)OC(COC(=O)C/C=C\C/C=C\C/C=C\C/C=C\C/C=C\CC)COC(=O)CCCCCCCCCCCC/C=C\C/C=C\C/C=C\CCCCCCC. The third-order valence-corrected chi connectivity index (χ3v) is 13.0. The van der Waals surface area contributed by atoms with Crippen LogP contribution in [0.25, 0.3) is 0 Å². The summed E-state index contributed by atoms with van der Waals surface area (Å²) in [4.78, 5) is 38.3. The minimum absolute atomic E-state index is 0.115. The maximum Gasteiger partial charge on any atom is 0.309 e. The van der Waals surface area contributed by atoms with Gasteiger partial charge in [-0.15, -0.1) is 0 Å². The minimum atomic E-state index is -0.840. The van der Waals surface area contributed by atoms with Crippen molar-refractivity contribution in [1.29, 1.82) is 0 Å². The molecular weight excluding hydrogens is 973 g/mol. The third-order valence-electron chi connectivity index (χ3n) is 13.0. The number of allylic oxidation sites excluding steroid dienone is 25. The third kappa shape index (κ3) is 63.7. The Morgan fingerprint density at radius 3 is 0.886 bits per heavy atom. The number of ether oxygens (including phenoxy) is 3. The predicted molar refractivity (Wildman–Crippen MR) is 343 cm³/mol. The molecule has 444 valence electrons. The molecule has 0 amide bonds. The molecule has 1 unspecified atom stereocenters. The average Bonchev–Trinajstić information content (AvgIpc) is 3.45. The molecule has 0 saturated carbocycles. The van der Waals surface area contributed by atoms with Gasteiger partial charge in [0.1, 0.15) is 13.2 Å². The van der Waals surface area contributed by atoms with Crippen LogP contribution in [0.4, 0.5) is 0 Å². The maximum absolute atomic E-state index is 12.9. The molecule has 0 aliphatic heterocycles. The van der Waals surface area contributed by atoms with Crippen molar-refractivity contribution in [3.63, 3.8) is 0 Å². The topological polar surface area (TPSA) is 78.9 Å². The van der Waals surface area contributed by atoms with E-state index >= 15 is 0 Å². The Hall–Kier alpha value is -4.97. The second-order valence-corrected chi connectivity index (χ2v) is 20.6. The molecule has 6 nitrogen and oxygen atoms in total. The molecule has 0 radical (unpaired) electrons. The van der Waals surface area contributed by atoms with E-state index in [0.29, 0.717) is 6.42 Å². The van der Waals surface area contributed by atoms with Crippen LogP contribution in [-0.2, 0) is 28.6 Å². The van der Waals surface area contributed by atoms with Gasteiger partial charge in [0.2, 0.25) is 0 Å². The molecule has 0 aromatic carbocycles. The van der Waals surface area contributed by atoms with Gasteiger partial charge in [0.15, 0.2) is 6.10 Å². The number of unbranched alkanes of at least 4 members (excludes halogenated alkanes) is 20. The van der Waals surface area contributed by atoms with Crippen molar-refractivity contribution in [3.05, 3.63) is 158 Å². The van der Waals surface area contributed by atoms with Crippen LogP contribution in [0.3, 0.4) is 0 Å². The molecule has 0 saturated heterocycles. The first-order valence-corrected chi connectivity index (χ1v) is 32.0. The lowest BCUT2D eigenvalue weighted by Gasteiger charge is -2.18. The van der Waals surface area contributed by atoms with E-state index in [2.05, 4.69) is 167 Å². The second kappa shape index (κ2) is 65.5. The zero-order valence-corrected chi connectivity index (χ0v) is 50.8. The van der Waals surface area contributed by atoms with Crippen LogP contribution in [0.5, 0.6) is 0 Å². The number of carbonyl (C=O) groups is 3. The van der Waals surface area contributed by atoms with Crippen molar-refractivity contribution in [3.8, 4) is 0 Å². The molecule has 6 heteroatoms. The molecule has 0 bridgehead atoms. The van der Waals surface area contributed by atoms with E-state index in [1.165, 1.54) is 89.9 Å². The van der Waals surface area contributed by atoms with Crippen molar-refractivity contribution in [1.82, 2.24) is 0 Å². The van der Waals surface area contributed by atoms with Gasteiger partial charge in [-0.1, -0.05) is 275 Å². The van der Waals surface area contributed by atoms with Crippen molar-refractivity contribution in [2.45, 2.75) is 271 Å². The average molecular weight is 1090 g/mol. The standard InChI is InChI=1S/C73H116O6/c1-4-7-10-13-16-19-22-25-28-30-32-34-35-36-37-39-40-42-45-48-51-54-57-60-63-66-72(75)78-69-70(68-77-71(74)65-62-59-56-53-50-47-44-27-24-21-18-15-12-9-6-3)79-73(76)67-64-61-58-55-52-49-46-43-41-38-33-31-29-26-23-20-17-14-11-8-5-2/h8-9,11-12,17-18,20-22,25-27,29-30,32-33,35-36,38,43-44,46,50,53,59,62,70H,4-7,10,13-16,19,23-24,28,31,34,37,39-42,45,47-49,51-52,54-58,60-61,63-69H2,1-3H3/b11-8-,12-9-,20-17-,21-18-,25-22-,29-26-,32-30-,36-35-,38-33-,44-27-,46-43-,53-50-,62-59-. The molecule has 0 heterocycles. The van der Waals surface area contributed by atoms with Gasteiger partial charge in [0.05, 0.1) is 6.42 Å². The van der Waals surface area contributed by atoms with Gasteiger partial charge in [-0.25, -0.2) is 0 Å². The lowest BCUT2D eigenvalue weighted by molar-refractivity contribution is -0.166. The first-order chi connectivity index (χ1) is 39.0. The Morgan fingerprint density at radius 2 is 0.544 bits per heavy atom. The van der Waals surface area contributed by atoms with E-state index in [-0.39, 0.29) is 38.0 Å². The zero-order chi connectivity index (χ0) is 57.1. The van der Waals surface area contributed by atoms with Gasteiger partial charge < -0.3 is 14.2 Å². The van der Waals surface area contributed by atoms with Crippen LogP contribution in [0.15, 0.2) is 158 Å². The monoisotopic (exact) mass is 1090 g/mol. The van der Waals surface area contributed by atoms with Crippen LogP contribution in [-0.4, -0.2) is 37.2 Å². The Balaban J connectivity index is 4.49. The number of hydrogen-bond donors (Lipinski definition) is 0. The van der Waals surface area contributed by atoms with E-state index in [9.17, 15) is 14.4 Å². The Bertz CT molecular complexity index is 1780. The maximum atomic E-state index is 12.9. The van der Waals surface area contributed by atoms with Crippen molar-refractivity contribution >= 4 is 17.9 Å². The molecular formula is C73H116O6. The molecule has 0 rings (SSSR count). The van der Waals surface area contributed by atoms with Gasteiger partial charge in [0.25, 0.3) is 0 Å². The Kier molecular flexibility index (Phi) is 61.4. The van der Waals surface area contributed by atoms with Crippen LogP contribution in [0, 0.1) is 0 Å². The smallest absolute Gasteiger partial charge is 0.309 e. The Morgan fingerprint density at radius 1 is 0.278 bits per heavy atom. The van der Waals surface area contributed by atoms with Crippen molar-refractivity contribution < 1.29 is 28.6 Å². The number of hydrogen-bond acceptors (Lipinski definition) is 6. The quantitative estimate of drug-likeness (QED) is 0.0261. The minimum Gasteiger partial charge on any atom is -0.462 e. The normalized spacial score (nSPS) is 13.2.